The molecule has 1 atom stereocenters. The van der Waals surface area contributed by atoms with Crippen molar-refractivity contribution in [3.05, 3.63) is 102 Å². The number of carbonyl (C=O) groups is 2. The number of hydrogen-bond acceptors (Lipinski definition) is 12. The average molecular weight is 1070 g/mol. The fourth-order valence-corrected chi connectivity index (χ4v) is 12.3. The number of hydrogen-bond donors (Lipinski definition) is 3. The van der Waals surface area contributed by atoms with Gasteiger partial charge < -0.3 is 25.3 Å². The monoisotopic (exact) mass is 1070 g/mol. The van der Waals surface area contributed by atoms with E-state index in [4.69, 9.17) is 0 Å². The van der Waals surface area contributed by atoms with Crippen LogP contribution in [0.25, 0.3) is 0 Å². The molecule has 0 bridgehead atoms. The molecule has 396 valence electrons. The minimum absolute atomic E-state index is 0.0165. The average Bonchev–Trinajstić information content (AvgIpc) is 3.35. The summed E-state index contributed by atoms with van der Waals surface area (Å²) in [5.41, 5.74) is -2.25. The van der Waals surface area contributed by atoms with Crippen LogP contribution in [0.1, 0.15) is 75.6 Å². The molecule has 2 amide bonds. The first-order valence-electron chi connectivity index (χ1n) is 24.4. The van der Waals surface area contributed by atoms with Gasteiger partial charge >= 0.3 is 5.51 Å². The number of benzene rings is 3. The number of nitrogens with zero attached hydrogens (tertiary/aromatic N) is 4. The molecule has 21 heteroatoms. The highest BCUT2D eigenvalue weighted by Crippen LogP contribution is 2.43. The van der Waals surface area contributed by atoms with Crippen molar-refractivity contribution < 1.29 is 48.4 Å². The zero-order valence-corrected chi connectivity index (χ0v) is 43.7. The van der Waals surface area contributed by atoms with E-state index in [9.17, 15) is 48.4 Å². The van der Waals surface area contributed by atoms with Crippen LogP contribution in [0.5, 0.6) is 0 Å². The van der Waals surface area contributed by atoms with Gasteiger partial charge in [-0.3, -0.25) is 14.5 Å². The SMILES string of the molecule is C=C(CCC(F)F)C1=C(CN2CCN(c3ccc(C(=O)NS(=O)(=O)c4ccc(N[C@H](CCN5CCN(CCCC(=O)NC)CC5)CSc5ccccc5)c(S(=O)(=O)C(F)(F)F)c4)cc3)CC2)CCC(C)(C)C1. The molecule has 2 aliphatic heterocycles. The summed E-state index contributed by atoms with van der Waals surface area (Å²) in [5, 5.41) is 5.63. The van der Waals surface area contributed by atoms with E-state index in [0.29, 0.717) is 44.3 Å². The van der Waals surface area contributed by atoms with Crippen molar-refractivity contribution in [2.24, 2.45) is 5.41 Å². The van der Waals surface area contributed by atoms with Gasteiger partial charge in [-0.05, 0) is 111 Å². The van der Waals surface area contributed by atoms with Gasteiger partial charge in [-0.15, -0.1) is 11.8 Å². The summed E-state index contributed by atoms with van der Waals surface area (Å²) >= 11 is 1.43. The van der Waals surface area contributed by atoms with Crippen molar-refractivity contribution in [3.8, 4) is 0 Å². The Morgan fingerprint density at radius 1 is 0.819 bits per heavy atom. The van der Waals surface area contributed by atoms with E-state index < -0.39 is 59.2 Å². The zero-order chi connectivity index (χ0) is 52.3. The third kappa shape index (κ3) is 16.0. The molecule has 3 aromatic carbocycles. The second-order valence-electron chi connectivity index (χ2n) is 19.5. The van der Waals surface area contributed by atoms with E-state index in [0.717, 1.165) is 112 Å². The highest BCUT2D eigenvalue weighted by Gasteiger charge is 2.48. The Balaban J connectivity index is 1.10. The smallest absolute Gasteiger partial charge is 0.380 e. The van der Waals surface area contributed by atoms with Crippen LogP contribution < -0.4 is 20.3 Å². The van der Waals surface area contributed by atoms with E-state index in [-0.39, 0.29) is 29.7 Å². The summed E-state index contributed by atoms with van der Waals surface area (Å²) in [7, 11) is -9.40. The van der Waals surface area contributed by atoms with E-state index in [1.807, 2.05) is 35.1 Å². The number of allylic oxidation sites excluding steroid dienone is 2. The lowest BCUT2D eigenvalue weighted by molar-refractivity contribution is -0.120. The molecule has 3 aliphatic rings. The third-order valence-corrected chi connectivity index (χ3v) is 17.6. The van der Waals surface area contributed by atoms with Crippen molar-refractivity contribution in [2.75, 3.05) is 95.0 Å². The maximum atomic E-state index is 14.3. The first-order valence-corrected chi connectivity index (χ1v) is 28.4. The van der Waals surface area contributed by atoms with E-state index in [1.165, 1.54) is 29.5 Å². The molecule has 3 aromatic rings. The normalized spacial score (nSPS) is 18.0. The molecule has 2 heterocycles. The Kier molecular flexibility index (Phi) is 19.8. The van der Waals surface area contributed by atoms with Crippen molar-refractivity contribution in [3.63, 3.8) is 0 Å². The quantitative estimate of drug-likeness (QED) is 0.0618. The van der Waals surface area contributed by atoms with E-state index in [2.05, 4.69) is 50.7 Å². The van der Waals surface area contributed by atoms with E-state index in [1.54, 1.807) is 19.2 Å². The maximum Gasteiger partial charge on any atom is 0.501 e. The number of anilines is 2. The molecular weight excluding hydrogens is 998 g/mol. The van der Waals surface area contributed by atoms with Crippen LogP contribution in [0.3, 0.4) is 0 Å². The lowest BCUT2D eigenvalue weighted by Crippen LogP contribution is -2.47. The zero-order valence-electron chi connectivity index (χ0n) is 41.3. The minimum atomic E-state index is -6.11. The minimum Gasteiger partial charge on any atom is -0.380 e. The summed E-state index contributed by atoms with van der Waals surface area (Å²) in [4.78, 5) is 32.7. The number of sulfone groups is 1. The standard InChI is InChI=1S/C51H68F5N7O6S3/c1-37(12-19-47(52)53)44-34-50(2,3)22-20-39(44)35-62-29-31-63(32-30-62)41-15-13-38(14-16-41)49(65)59-72(68,69)43-17-18-45(46(33-43)71(66,67)51(54,55)56)58-40(36-70-42-9-6-5-7-10-42)21-24-61-27-25-60(26-28-61)23-8-11-48(64)57-4/h5-7,9-10,13-18,33,40,47,58H,1,8,11-12,19-32,34-36H2,2-4H3,(H,57,64)(H,59,65)/t40-/m1/s1. The number of sulfonamides is 1. The lowest BCUT2D eigenvalue weighted by Gasteiger charge is -2.39. The molecule has 3 N–H and O–H groups in total. The van der Waals surface area contributed by atoms with Gasteiger partial charge in [0.05, 0.1) is 10.6 Å². The number of carbonyl (C=O) groups excluding carboxylic acids is 2. The first-order chi connectivity index (χ1) is 34.0. The van der Waals surface area contributed by atoms with Gasteiger partial charge in [0.1, 0.15) is 4.90 Å². The van der Waals surface area contributed by atoms with Crippen molar-refractivity contribution in [1.29, 1.82) is 0 Å². The van der Waals surface area contributed by atoms with Crippen LogP contribution in [0.15, 0.2) is 111 Å². The lowest BCUT2D eigenvalue weighted by atomic mass is 9.72. The predicted octanol–water partition coefficient (Wildman–Crippen LogP) is 8.44. The van der Waals surface area contributed by atoms with Crippen LogP contribution >= 0.6 is 11.8 Å². The summed E-state index contributed by atoms with van der Waals surface area (Å²) < 4.78 is 125. The topological polar surface area (TPSA) is 151 Å². The van der Waals surface area contributed by atoms with Crippen molar-refractivity contribution in [1.82, 2.24) is 24.7 Å². The fraction of sp³-hybridized carbons (Fsp3) is 0.529. The van der Waals surface area contributed by atoms with Gasteiger partial charge in [0.25, 0.3) is 25.8 Å². The third-order valence-electron chi connectivity index (χ3n) is 13.6. The Morgan fingerprint density at radius 2 is 1.46 bits per heavy atom. The number of alkyl halides is 5. The number of thioether (sulfide) groups is 1. The summed E-state index contributed by atoms with van der Waals surface area (Å²) in [6, 6.07) is 17.4. The fourth-order valence-electron chi connectivity index (χ4n) is 9.24. The Labute approximate surface area is 426 Å². The van der Waals surface area contributed by atoms with Crippen molar-refractivity contribution >= 4 is 54.8 Å². The van der Waals surface area contributed by atoms with Crippen LogP contribution in [0, 0.1) is 5.41 Å². The summed E-state index contributed by atoms with van der Waals surface area (Å²) in [6.45, 7) is 16.3. The molecule has 1 aliphatic carbocycles. The molecule has 0 aromatic heterocycles. The molecular formula is C51H68F5N7O6S3. The number of amides is 2. The molecule has 0 spiro atoms. The highest BCUT2D eigenvalue weighted by atomic mass is 32.2. The van der Waals surface area contributed by atoms with Crippen LogP contribution in [0.2, 0.25) is 0 Å². The van der Waals surface area contributed by atoms with E-state index >= 15 is 0 Å². The largest absolute Gasteiger partial charge is 0.501 e. The molecule has 72 heavy (non-hydrogen) atoms. The molecule has 0 saturated carbocycles. The molecule has 13 nitrogen and oxygen atoms in total. The molecule has 0 radical (unpaired) electrons. The van der Waals surface area contributed by atoms with Crippen LogP contribution in [-0.2, 0) is 24.7 Å². The van der Waals surface area contributed by atoms with Gasteiger partial charge in [0.15, 0.2) is 0 Å². The Morgan fingerprint density at radius 3 is 2.08 bits per heavy atom. The summed E-state index contributed by atoms with van der Waals surface area (Å²) in [5.74, 6) is -0.743. The predicted molar refractivity (Wildman–Crippen MR) is 274 cm³/mol. The Hall–Kier alpha value is -4.54. The molecule has 0 unspecified atom stereocenters. The number of halogens is 5. The molecule has 6 rings (SSSR count). The van der Waals surface area contributed by atoms with Gasteiger partial charge in [0, 0.05) is 113 Å². The van der Waals surface area contributed by atoms with Gasteiger partial charge in [-0.25, -0.2) is 30.3 Å². The maximum absolute atomic E-state index is 14.3. The molecule has 2 fully saturated rings. The number of nitrogens with one attached hydrogen (secondary N) is 3. The van der Waals surface area contributed by atoms with Gasteiger partial charge in [-0.1, -0.05) is 49.8 Å². The van der Waals surface area contributed by atoms with Crippen LogP contribution in [0.4, 0.5) is 33.3 Å². The second-order valence-corrected chi connectivity index (χ2v) is 24.2. The van der Waals surface area contributed by atoms with Crippen LogP contribution in [-0.4, -0.2) is 146 Å². The molecule has 2 saturated heterocycles. The van der Waals surface area contributed by atoms with Gasteiger partial charge in [-0.2, -0.15) is 13.2 Å². The van der Waals surface area contributed by atoms with Gasteiger partial charge in [0.2, 0.25) is 12.3 Å². The summed E-state index contributed by atoms with van der Waals surface area (Å²) in [6.07, 6.45) is 1.93. The highest BCUT2D eigenvalue weighted by molar-refractivity contribution is 7.99. The first kappa shape index (κ1) is 56.8. The second kappa shape index (κ2) is 25.1. The number of piperazine rings is 2. The Bertz CT molecular complexity index is 2590. The van der Waals surface area contributed by atoms with Crippen molar-refractivity contribution in [2.45, 2.75) is 97.9 Å². The number of rotatable bonds is 23.